The summed E-state index contributed by atoms with van der Waals surface area (Å²) in [7, 11) is 0. The van der Waals surface area contributed by atoms with E-state index in [-0.39, 0.29) is 0 Å². The summed E-state index contributed by atoms with van der Waals surface area (Å²) >= 11 is 7.13. The fraction of sp³-hybridized carbons (Fsp3) is 0.0833. The molecule has 0 amide bonds. The zero-order chi connectivity index (χ0) is 20.9. The van der Waals surface area contributed by atoms with Crippen molar-refractivity contribution in [3.8, 4) is 11.8 Å². The minimum Gasteiger partial charge on any atom is -0.487 e. The lowest BCUT2D eigenvalue weighted by Gasteiger charge is -2.13. The van der Waals surface area contributed by atoms with Crippen molar-refractivity contribution in [1.82, 2.24) is 9.55 Å². The highest BCUT2D eigenvalue weighted by atomic mass is 79.9. The number of hydrogen-bond acceptors (Lipinski definition) is 3. The monoisotopic (exact) mass is 521 g/mol. The van der Waals surface area contributed by atoms with Crippen LogP contribution in [0.25, 0.3) is 17.1 Å². The Labute approximate surface area is 191 Å². The zero-order valence-corrected chi connectivity index (χ0v) is 19.1. The Balaban J connectivity index is 1.65. The van der Waals surface area contributed by atoms with Gasteiger partial charge in [-0.2, -0.15) is 5.26 Å². The van der Waals surface area contributed by atoms with E-state index >= 15 is 0 Å². The molecule has 4 aromatic rings. The maximum Gasteiger partial charge on any atom is 0.141 e. The first kappa shape index (κ1) is 20.4. The van der Waals surface area contributed by atoms with Gasteiger partial charge in [0.1, 0.15) is 12.4 Å². The van der Waals surface area contributed by atoms with E-state index in [1.807, 2.05) is 77.4 Å². The van der Waals surface area contributed by atoms with E-state index in [0.717, 1.165) is 31.1 Å². The van der Waals surface area contributed by atoms with E-state index in [9.17, 15) is 5.26 Å². The number of allylic oxidation sites excluding steroid dienone is 1. The first-order chi connectivity index (χ1) is 14.6. The van der Waals surface area contributed by atoms with Gasteiger partial charge in [0.05, 0.1) is 40.0 Å². The first-order valence-electron chi connectivity index (χ1n) is 9.30. The number of para-hydroxylation sites is 2. The van der Waals surface area contributed by atoms with Crippen LogP contribution in [0.5, 0.6) is 5.75 Å². The van der Waals surface area contributed by atoms with Crippen molar-refractivity contribution in [3.05, 3.63) is 98.7 Å². The minimum atomic E-state index is 0.430. The molecule has 1 aromatic heterocycles. The number of nitrogens with zero attached hydrogens (tertiary/aromatic N) is 3. The number of ether oxygens (including phenoxy) is 1. The molecule has 0 spiro atoms. The maximum absolute atomic E-state index is 9.78. The molecule has 30 heavy (non-hydrogen) atoms. The molecule has 0 N–H and O–H groups in total. The number of fused-ring (bicyclic) bond motifs is 1. The van der Waals surface area contributed by atoms with Crippen molar-refractivity contribution in [2.75, 3.05) is 0 Å². The van der Waals surface area contributed by atoms with Gasteiger partial charge in [0.2, 0.25) is 0 Å². The van der Waals surface area contributed by atoms with Crippen LogP contribution in [0.3, 0.4) is 0 Å². The Kier molecular flexibility index (Phi) is 6.32. The van der Waals surface area contributed by atoms with Gasteiger partial charge >= 0.3 is 0 Å². The smallest absolute Gasteiger partial charge is 0.141 e. The predicted molar refractivity (Wildman–Crippen MR) is 126 cm³/mol. The molecule has 1 heterocycles. The summed E-state index contributed by atoms with van der Waals surface area (Å²) in [5, 5.41) is 9.78. The summed E-state index contributed by atoms with van der Waals surface area (Å²) < 4.78 is 9.82. The van der Waals surface area contributed by atoms with Crippen LogP contribution in [0.15, 0.2) is 87.6 Å². The van der Waals surface area contributed by atoms with Crippen LogP contribution in [0.4, 0.5) is 0 Å². The zero-order valence-electron chi connectivity index (χ0n) is 15.9. The molecular weight excluding hydrogens is 506 g/mol. The molecule has 4 nitrogen and oxygen atoms in total. The maximum atomic E-state index is 9.78. The molecule has 0 aliphatic rings. The van der Waals surface area contributed by atoms with Crippen LogP contribution < -0.4 is 4.74 Å². The average molecular weight is 523 g/mol. The number of nitriles is 1. The van der Waals surface area contributed by atoms with E-state index in [1.165, 1.54) is 0 Å². The molecule has 0 fully saturated rings. The Morgan fingerprint density at radius 1 is 1.07 bits per heavy atom. The largest absolute Gasteiger partial charge is 0.487 e. The number of rotatable bonds is 6. The second kappa shape index (κ2) is 9.29. The number of hydrogen-bond donors (Lipinski definition) is 0. The third kappa shape index (κ3) is 4.64. The van der Waals surface area contributed by atoms with E-state index in [2.05, 4.69) is 42.9 Å². The molecule has 6 heteroatoms. The van der Waals surface area contributed by atoms with E-state index in [1.54, 1.807) is 6.33 Å². The van der Waals surface area contributed by atoms with Crippen molar-refractivity contribution >= 4 is 49.0 Å². The highest BCUT2D eigenvalue weighted by Crippen LogP contribution is 2.35. The molecule has 4 rings (SSSR count). The predicted octanol–water partition coefficient (Wildman–Crippen LogP) is 6.75. The first-order valence-corrected chi connectivity index (χ1v) is 10.9. The number of benzene rings is 3. The minimum absolute atomic E-state index is 0.430. The van der Waals surface area contributed by atoms with Gasteiger partial charge in [0, 0.05) is 10.0 Å². The Morgan fingerprint density at radius 2 is 1.83 bits per heavy atom. The van der Waals surface area contributed by atoms with Crippen LogP contribution in [-0.2, 0) is 13.2 Å². The van der Waals surface area contributed by atoms with Crippen LogP contribution in [0, 0.1) is 11.3 Å². The average Bonchev–Trinajstić information content (AvgIpc) is 3.16. The fourth-order valence-corrected chi connectivity index (χ4v) is 4.56. The topological polar surface area (TPSA) is 50.8 Å². The third-order valence-corrected chi connectivity index (χ3v) is 5.65. The van der Waals surface area contributed by atoms with Crippen molar-refractivity contribution in [2.24, 2.45) is 0 Å². The third-order valence-electron chi connectivity index (χ3n) is 4.60. The van der Waals surface area contributed by atoms with Gasteiger partial charge in [-0.3, -0.25) is 0 Å². The van der Waals surface area contributed by atoms with Crippen molar-refractivity contribution in [1.29, 1.82) is 5.26 Å². The van der Waals surface area contributed by atoms with Gasteiger partial charge < -0.3 is 9.30 Å². The molecular formula is C24H17Br2N3O. The highest BCUT2D eigenvalue weighted by Gasteiger charge is 2.12. The molecule has 0 saturated heterocycles. The molecule has 0 radical (unpaired) electrons. The molecule has 3 aromatic carbocycles. The summed E-state index contributed by atoms with van der Waals surface area (Å²) in [6.07, 6.45) is 3.63. The van der Waals surface area contributed by atoms with Gasteiger partial charge in [-0.1, -0.05) is 58.4 Å². The number of aromatic nitrogens is 2. The normalized spacial score (nSPS) is 11.4. The standard InChI is InChI=1S/C24H17Br2N3O/c25-20-11-19(24(21(26)12-20)30-15-17-6-2-1-3-7-17)10-18(13-27)14-29-16-28-22-8-4-5-9-23(22)29/h1-12,16H,14-15H2/b18-10-. The summed E-state index contributed by atoms with van der Waals surface area (Å²) in [6, 6.07) is 24.1. The summed E-state index contributed by atoms with van der Waals surface area (Å²) in [6.45, 7) is 0.870. The Hall–Kier alpha value is -2.88. The van der Waals surface area contributed by atoms with Crippen LogP contribution in [-0.4, -0.2) is 9.55 Å². The number of imidazole rings is 1. The van der Waals surface area contributed by atoms with E-state index in [0.29, 0.717) is 24.5 Å². The van der Waals surface area contributed by atoms with Crippen molar-refractivity contribution in [3.63, 3.8) is 0 Å². The highest BCUT2D eigenvalue weighted by molar-refractivity contribution is 9.11. The lowest BCUT2D eigenvalue weighted by molar-refractivity contribution is 0.303. The summed E-state index contributed by atoms with van der Waals surface area (Å²) in [5.74, 6) is 0.699. The van der Waals surface area contributed by atoms with Gasteiger partial charge in [-0.15, -0.1) is 0 Å². The lowest BCUT2D eigenvalue weighted by Crippen LogP contribution is -2.00. The second-order valence-electron chi connectivity index (χ2n) is 6.72. The Morgan fingerprint density at radius 3 is 2.63 bits per heavy atom. The van der Waals surface area contributed by atoms with Crippen molar-refractivity contribution < 1.29 is 4.74 Å². The number of halogens is 2. The fourth-order valence-electron chi connectivity index (χ4n) is 3.19. The van der Waals surface area contributed by atoms with Crippen LogP contribution in [0.2, 0.25) is 0 Å². The van der Waals surface area contributed by atoms with Crippen molar-refractivity contribution in [2.45, 2.75) is 13.2 Å². The van der Waals surface area contributed by atoms with Gasteiger partial charge in [-0.25, -0.2) is 4.98 Å². The van der Waals surface area contributed by atoms with Gasteiger partial charge in [0.25, 0.3) is 0 Å². The quantitative estimate of drug-likeness (QED) is 0.263. The molecule has 148 valence electrons. The SMILES string of the molecule is N#C/C(=C/c1cc(Br)cc(Br)c1OCc1ccccc1)Cn1cnc2ccccc21. The second-order valence-corrected chi connectivity index (χ2v) is 8.49. The molecule has 0 atom stereocenters. The summed E-state index contributed by atoms with van der Waals surface area (Å²) in [5.41, 5.74) is 4.41. The molecule has 0 unspecified atom stereocenters. The van der Waals surface area contributed by atoms with E-state index in [4.69, 9.17) is 4.74 Å². The van der Waals surface area contributed by atoms with Gasteiger partial charge in [0.15, 0.2) is 0 Å². The Bertz CT molecular complexity index is 1260. The van der Waals surface area contributed by atoms with Gasteiger partial charge in [-0.05, 0) is 51.8 Å². The lowest BCUT2D eigenvalue weighted by atomic mass is 10.1. The van der Waals surface area contributed by atoms with E-state index < -0.39 is 0 Å². The van der Waals surface area contributed by atoms with Crippen LogP contribution >= 0.6 is 31.9 Å². The van der Waals surface area contributed by atoms with Crippen LogP contribution in [0.1, 0.15) is 11.1 Å². The molecule has 0 aliphatic carbocycles. The molecule has 0 bridgehead atoms. The summed E-state index contributed by atoms with van der Waals surface area (Å²) in [4.78, 5) is 4.41. The molecule has 0 saturated carbocycles. The molecule has 0 aliphatic heterocycles.